The molecule has 27 heavy (non-hydrogen) atoms. The van der Waals surface area contributed by atoms with Gasteiger partial charge in [-0.15, -0.1) is 0 Å². The molecule has 0 amide bonds. The SMILES string of the molecule is COC1=CC=CCC(OC)=C1c1ccc2cc(CC(N)C(=O)O)ccc2c1. The van der Waals surface area contributed by atoms with Crippen LogP contribution < -0.4 is 5.73 Å². The van der Waals surface area contributed by atoms with E-state index >= 15 is 0 Å². The van der Waals surface area contributed by atoms with E-state index in [4.69, 9.17) is 20.3 Å². The van der Waals surface area contributed by atoms with Crippen molar-refractivity contribution >= 4 is 22.3 Å². The van der Waals surface area contributed by atoms with Crippen LogP contribution in [0.2, 0.25) is 0 Å². The van der Waals surface area contributed by atoms with Crippen LogP contribution >= 0.6 is 0 Å². The highest BCUT2D eigenvalue weighted by Gasteiger charge is 2.17. The predicted octanol–water partition coefficient (Wildman–Crippen LogP) is 3.64. The number of hydrogen-bond acceptors (Lipinski definition) is 4. The predicted molar refractivity (Wildman–Crippen MR) is 106 cm³/mol. The zero-order chi connectivity index (χ0) is 19.4. The van der Waals surface area contributed by atoms with Gasteiger partial charge in [0.1, 0.15) is 17.6 Å². The molecule has 0 saturated heterocycles. The Kier molecular flexibility index (Phi) is 5.62. The zero-order valence-electron chi connectivity index (χ0n) is 15.4. The minimum atomic E-state index is -0.995. The summed E-state index contributed by atoms with van der Waals surface area (Å²) in [5.41, 5.74) is 8.49. The second-order valence-electron chi connectivity index (χ2n) is 6.41. The second-order valence-corrected chi connectivity index (χ2v) is 6.41. The standard InChI is InChI=1S/C22H23NO4/c1-26-19-5-3-4-6-20(27-2)21(19)17-10-9-15-11-14(7-8-16(15)13-17)12-18(23)22(24)25/h3-5,7-11,13,18H,6,12,23H2,1-2H3,(H,24,25). The Balaban J connectivity index is 2.01. The van der Waals surface area contributed by atoms with Gasteiger partial charge in [-0.25, -0.2) is 0 Å². The Morgan fingerprint density at radius 1 is 1.15 bits per heavy atom. The van der Waals surface area contributed by atoms with Gasteiger partial charge in [-0.1, -0.05) is 42.5 Å². The van der Waals surface area contributed by atoms with Crippen molar-refractivity contribution in [3.63, 3.8) is 0 Å². The van der Waals surface area contributed by atoms with Gasteiger partial charge in [0.05, 0.1) is 19.8 Å². The number of methoxy groups -OCH3 is 2. The van der Waals surface area contributed by atoms with Gasteiger partial charge in [0.2, 0.25) is 0 Å². The Morgan fingerprint density at radius 3 is 2.59 bits per heavy atom. The molecule has 3 rings (SSSR count). The van der Waals surface area contributed by atoms with Crippen molar-refractivity contribution in [3.8, 4) is 0 Å². The third-order valence-corrected chi connectivity index (χ3v) is 4.64. The topological polar surface area (TPSA) is 81.8 Å². The first-order chi connectivity index (χ1) is 13.0. The van der Waals surface area contributed by atoms with Crippen LogP contribution in [0.15, 0.2) is 66.1 Å². The number of fused-ring (bicyclic) bond motifs is 1. The van der Waals surface area contributed by atoms with Crippen molar-refractivity contribution in [1.29, 1.82) is 0 Å². The zero-order valence-corrected chi connectivity index (χ0v) is 15.4. The van der Waals surface area contributed by atoms with E-state index in [2.05, 4.69) is 6.07 Å². The average Bonchev–Trinajstić information content (AvgIpc) is 2.89. The summed E-state index contributed by atoms with van der Waals surface area (Å²) >= 11 is 0. The van der Waals surface area contributed by atoms with Gasteiger partial charge in [-0.2, -0.15) is 0 Å². The van der Waals surface area contributed by atoms with Crippen LogP contribution in [-0.4, -0.2) is 31.3 Å². The Morgan fingerprint density at radius 2 is 1.89 bits per heavy atom. The van der Waals surface area contributed by atoms with Crippen molar-refractivity contribution in [1.82, 2.24) is 0 Å². The summed E-state index contributed by atoms with van der Waals surface area (Å²) in [6, 6.07) is 11.1. The summed E-state index contributed by atoms with van der Waals surface area (Å²) in [4.78, 5) is 11.0. The van der Waals surface area contributed by atoms with Gasteiger partial charge < -0.3 is 20.3 Å². The molecule has 0 saturated carbocycles. The molecule has 2 aromatic carbocycles. The fourth-order valence-electron chi connectivity index (χ4n) is 3.23. The van der Waals surface area contributed by atoms with Crippen LogP contribution in [0.1, 0.15) is 17.5 Å². The first-order valence-corrected chi connectivity index (χ1v) is 8.73. The number of benzene rings is 2. The average molecular weight is 365 g/mol. The van der Waals surface area contributed by atoms with Crippen molar-refractivity contribution in [2.24, 2.45) is 5.73 Å². The molecule has 140 valence electrons. The molecule has 3 N–H and O–H groups in total. The lowest BCUT2D eigenvalue weighted by molar-refractivity contribution is -0.138. The quantitative estimate of drug-likeness (QED) is 0.817. The number of nitrogens with two attached hydrogens (primary N) is 1. The largest absolute Gasteiger partial charge is 0.500 e. The molecular formula is C22H23NO4. The minimum absolute atomic E-state index is 0.300. The minimum Gasteiger partial charge on any atom is -0.500 e. The molecule has 2 aromatic rings. The van der Waals surface area contributed by atoms with Gasteiger partial charge >= 0.3 is 5.97 Å². The van der Waals surface area contributed by atoms with Gasteiger partial charge in [-0.05, 0) is 40.5 Å². The van der Waals surface area contributed by atoms with Crippen LogP contribution in [0.5, 0.6) is 0 Å². The molecule has 1 unspecified atom stereocenters. The lowest BCUT2D eigenvalue weighted by atomic mass is 9.96. The van der Waals surface area contributed by atoms with Crippen molar-refractivity contribution < 1.29 is 19.4 Å². The molecule has 0 heterocycles. The summed E-state index contributed by atoms with van der Waals surface area (Å²) in [6.45, 7) is 0. The van der Waals surface area contributed by atoms with Crippen LogP contribution in [0, 0.1) is 0 Å². The fourth-order valence-corrected chi connectivity index (χ4v) is 3.23. The van der Waals surface area contributed by atoms with Crippen LogP contribution in [0.3, 0.4) is 0 Å². The van der Waals surface area contributed by atoms with E-state index in [1.807, 2.05) is 48.6 Å². The first-order valence-electron chi connectivity index (χ1n) is 8.73. The monoisotopic (exact) mass is 365 g/mol. The van der Waals surface area contributed by atoms with E-state index in [0.29, 0.717) is 12.8 Å². The van der Waals surface area contributed by atoms with E-state index < -0.39 is 12.0 Å². The van der Waals surface area contributed by atoms with Crippen molar-refractivity contribution in [2.75, 3.05) is 14.2 Å². The number of hydrogen-bond donors (Lipinski definition) is 2. The second kappa shape index (κ2) is 8.10. The molecule has 1 aliphatic rings. The Labute approximate surface area is 158 Å². The molecule has 0 aromatic heterocycles. The van der Waals surface area contributed by atoms with Crippen LogP contribution in [0.4, 0.5) is 0 Å². The van der Waals surface area contributed by atoms with Crippen LogP contribution in [0.25, 0.3) is 16.3 Å². The Bertz CT molecular complexity index is 956. The highest BCUT2D eigenvalue weighted by atomic mass is 16.5. The molecule has 5 heteroatoms. The maximum atomic E-state index is 11.0. The van der Waals surface area contributed by atoms with E-state index in [0.717, 1.165) is 39.0 Å². The number of rotatable bonds is 6. The third kappa shape index (κ3) is 4.04. The van der Waals surface area contributed by atoms with Crippen LogP contribution in [-0.2, 0) is 20.7 Å². The smallest absolute Gasteiger partial charge is 0.320 e. The lowest BCUT2D eigenvalue weighted by Crippen LogP contribution is -2.32. The molecule has 5 nitrogen and oxygen atoms in total. The Hall–Kier alpha value is -3.05. The van der Waals surface area contributed by atoms with Gasteiger partial charge in [0, 0.05) is 6.42 Å². The van der Waals surface area contributed by atoms with E-state index in [1.165, 1.54) is 0 Å². The summed E-state index contributed by atoms with van der Waals surface area (Å²) < 4.78 is 11.2. The van der Waals surface area contributed by atoms with Gasteiger partial charge in [0.25, 0.3) is 0 Å². The molecule has 0 spiro atoms. The number of aliphatic carboxylic acids is 1. The summed E-state index contributed by atoms with van der Waals surface area (Å²) in [5, 5.41) is 11.1. The molecule has 0 fully saturated rings. The maximum Gasteiger partial charge on any atom is 0.320 e. The maximum absolute atomic E-state index is 11.0. The number of carboxylic acid groups (broad SMARTS) is 1. The number of carbonyl (C=O) groups is 1. The van der Waals surface area contributed by atoms with Gasteiger partial charge in [-0.3, -0.25) is 4.79 Å². The number of ether oxygens (including phenoxy) is 2. The molecule has 0 bridgehead atoms. The number of carboxylic acids is 1. The van der Waals surface area contributed by atoms with Crippen molar-refractivity contribution in [3.05, 3.63) is 77.3 Å². The highest BCUT2D eigenvalue weighted by molar-refractivity contribution is 5.90. The molecule has 1 atom stereocenters. The molecule has 1 aliphatic carbocycles. The van der Waals surface area contributed by atoms with Gasteiger partial charge in [0.15, 0.2) is 0 Å². The molecule has 0 radical (unpaired) electrons. The van der Waals surface area contributed by atoms with E-state index in [-0.39, 0.29) is 0 Å². The van der Waals surface area contributed by atoms with Crippen molar-refractivity contribution in [2.45, 2.75) is 18.9 Å². The summed E-state index contributed by atoms with van der Waals surface area (Å²) in [6.07, 6.45) is 6.92. The lowest BCUT2D eigenvalue weighted by Gasteiger charge is -2.16. The number of allylic oxidation sites excluding steroid dienone is 4. The highest BCUT2D eigenvalue weighted by Crippen LogP contribution is 2.33. The summed E-state index contributed by atoms with van der Waals surface area (Å²) in [7, 11) is 3.32. The summed E-state index contributed by atoms with van der Waals surface area (Å²) in [5.74, 6) is 0.606. The normalized spacial score (nSPS) is 15.3. The molecular weight excluding hydrogens is 342 g/mol. The van der Waals surface area contributed by atoms with E-state index in [1.54, 1.807) is 14.2 Å². The molecule has 0 aliphatic heterocycles. The third-order valence-electron chi connectivity index (χ3n) is 4.64. The first kappa shape index (κ1) is 18.7. The fraction of sp³-hybridized carbons (Fsp3) is 0.227. The van der Waals surface area contributed by atoms with E-state index in [9.17, 15) is 4.79 Å².